The minimum atomic E-state index is -0.595. The molecular formula is C19H21N3O6. The summed E-state index contributed by atoms with van der Waals surface area (Å²) in [5.74, 6) is -0.543. The van der Waals surface area contributed by atoms with Gasteiger partial charge < -0.3 is 20.1 Å². The largest absolute Gasteiger partial charge is 0.496 e. The standard InChI is InChI=1S/C19H21N3O6/c1-3-10-28-19(24)13-4-6-14(7-5-13)20-12-18(23)21-16-9-8-15(27-2)11-17(16)22(25)26/h4-9,11,20H,3,10,12H2,1-2H3,(H,21,23). The van der Waals surface area contributed by atoms with Gasteiger partial charge in [0.2, 0.25) is 5.91 Å². The average molecular weight is 387 g/mol. The summed E-state index contributed by atoms with van der Waals surface area (Å²) in [6, 6.07) is 10.6. The number of esters is 1. The summed E-state index contributed by atoms with van der Waals surface area (Å²) in [7, 11) is 1.40. The van der Waals surface area contributed by atoms with Gasteiger partial charge in [-0.3, -0.25) is 14.9 Å². The number of carbonyl (C=O) groups excluding carboxylic acids is 2. The molecule has 9 heteroatoms. The van der Waals surface area contributed by atoms with Crippen molar-refractivity contribution in [2.45, 2.75) is 13.3 Å². The maximum absolute atomic E-state index is 12.1. The predicted octanol–water partition coefficient (Wildman–Crippen LogP) is 3.22. The highest BCUT2D eigenvalue weighted by molar-refractivity contribution is 5.96. The fourth-order valence-electron chi connectivity index (χ4n) is 2.27. The number of nitro benzene ring substituents is 1. The number of amides is 1. The zero-order chi connectivity index (χ0) is 20.5. The van der Waals surface area contributed by atoms with Gasteiger partial charge in [-0.1, -0.05) is 6.92 Å². The third-order valence-corrected chi connectivity index (χ3v) is 3.69. The molecule has 0 aliphatic carbocycles. The van der Waals surface area contributed by atoms with Crippen molar-refractivity contribution in [1.29, 1.82) is 0 Å². The summed E-state index contributed by atoms with van der Waals surface area (Å²) in [6.07, 6.45) is 0.743. The number of hydrogen-bond donors (Lipinski definition) is 2. The topological polar surface area (TPSA) is 120 Å². The van der Waals surface area contributed by atoms with Crippen molar-refractivity contribution < 1.29 is 24.0 Å². The van der Waals surface area contributed by atoms with Gasteiger partial charge in [-0.2, -0.15) is 0 Å². The van der Waals surface area contributed by atoms with Gasteiger partial charge in [-0.05, 0) is 42.8 Å². The van der Waals surface area contributed by atoms with Crippen LogP contribution in [-0.2, 0) is 9.53 Å². The van der Waals surface area contributed by atoms with Crippen LogP contribution < -0.4 is 15.4 Å². The quantitative estimate of drug-likeness (QED) is 0.385. The Balaban J connectivity index is 1.94. The first kappa shape index (κ1) is 20.7. The number of ether oxygens (including phenoxy) is 2. The van der Waals surface area contributed by atoms with Crippen LogP contribution in [0.25, 0.3) is 0 Å². The number of nitro groups is 1. The number of hydrogen-bond acceptors (Lipinski definition) is 7. The molecule has 2 rings (SSSR count). The fourth-order valence-corrected chi connectivity index (χ4v) is 2.27. The first-order valence-electron chi connectivity index (χ1n) is 8.58. The molecule has 0 aliphatic rings. The minimum Gasteiger partial charge on any atom is -0.496 e. The second-order valence-electron chi connectivity index (χ2n) is 5.76. The van der Waals surface area contributed by atoms with E-state index in [0.717, 1.165) is 6.42 Å². The lowest BCUT2D eigenvalue weighted by Crippen LogP contribution is -2.22. The molecule has 0 saturated heterocycles. The van der Waals surface area contributed by atoms with Crippen LogP contribution in [0.3, 0.4) is 0 Å². The average Bonchev–Trinajstić information content (AvgIpc) is 2.71. The van der Waals surface area contributed by atoms with Crippen molar-refractivity contribution in [3.05, 3.63) is 58.1 Å². The molecule has 0 atom stereocenters. The lowest BCUT2D eigenvalue weighted by molar-refractivity contribution is -0.384. The van der Waals surface area contributed by atoms with E-state index in [0.29, 0.717) is 23.6 Å². The van der Waals surface area contributed by atoms with E-state index in [1.54, 1.807) is 24.3 Å². The highest BCUT2D eigenvalue weighted by atomic mass is 16.6. The summed E-state index contributed by atoms with van der Waals surface area (Å²) in [4.78, 5) is 34.4. The fraction of sp³-hybridized carbons (Fsp3) is 0.263. The zero-order valence-electron chi connectivity index (χ0n) is 15.6. The molecule has 28 heavy (non-hydrogen) atoms. The van der Waals surface area contributed by atoms with Gasteiger partial charge in [0.25, 0.3) is 5.69 Å². The first-order valence-corrected chi connectivity index (χ1v) is 8.58. The Kier molecular flexibility index (Phi) is 7.32. The van der Waals surface area contributed by atoms with Crippen LogP contribution in [0.4, 0.5) is 17.1 Å². The summed E-state index contributed by atoms with van der Waals surface area (Å²) in [5, 5.41) is 16.5. The molecule has 2 aromatic rings. The van der Waals surface area contributed by atoms with E-state index in [2.05, 4.69) is 10.6 Å². The van der Waals surface area contributed by atoms with Crippen molar-refractivity contribution in [2.24, 2.45) is 0 Å². The summed E-state index contributed by atoms with van der Waals surface area (Å²) in [6.45, 7) is 2.16. The van der Waals surface area contributed by atoms with Crippen LogP contribution >= 0.6 is 0 Å². The third-order valence-electron chi connectivity index (χ3n) is 3.69. The number of rotatable bonds is 9. The second kappa shape index (κ2) is 9.91. The Labute approximate surface area is 161 Å². The van der Waals surface area contributed by atoms with Crippen LogP contribution in [-0.4, -0.2) is 37.1 Å². The molecule has 0 heterocycles. The highest BCUT2D eigenvalue weighted by Crippen LogP contribution is 2.28. The molecule has 0 unspecified atom stereocenters. The van der Waals surface area contributed by atoms with Crippen LogP contribution in [0.15, 0.2) is 42.5 Å². The van der Waals surface area contributed by atoms with E-state index < -0.39 is 16.8 Å². The first-order chi connectivity index (χ1) is 13.4. The molecule has 148 valence electrons. The Hall–Kier alpha value is -3.62. The zero-order valence-corrected chi connectivity index (χ0v) is 15.6. The van der Waals surface area contributed by atoms with Gasteiger partial charge >= 0.3 is 5.97 Å². The van der Waals surface area contributed by atoms with E-state index >= 15 is 0 Å². The molecule has 1 amide bonds. The van der Waals surface area contributed by atoms with Crippen molar-refractivity contribution in [3.63, 3.8) is 0 Å². The van der Waals surface area contributed by atoms with E-state index in [4.69, 9.17) is 9.47 Å². The van der Waals surface area contributed by atoms with Crippen molar-refractivity contribution in [2.75, 3.05) is 30.9 Å². The number of anilines is 2. The maximum atomic E-state index is 12.1. The lowest BCUT2D eigenvalue weighted by atomic mass is 10.2. The molecule has 2 aromatic carbocycles. The molecule has 0 fully saturated rings. The molecule has 0 aliphatic heterocycles. The van der Waals surface area contributed by atoms with Crippen molar-refractivity contribution in [3.8, 4) is 5.75 Å². The normalized spacial score (nSPS) is 10.1. The minimum absolute atomic E-state index is 0.0756. The molecule has 0 spiro atoms. The predicted molar refractivity (Wildman–Crippen MR) is 104 cm³/mol. The van der Waals surface area contributed by atoms with Crippen LogP contribution in [0.5, 0.6) is 5.75 Å². The van der Waals surface area contributed by atoms with Crippen molar-refractivity contribution >= 4 is 28.9 Å². The van der Waals surface area contributed by atoms with Crippen molar-refractivity contribution in [1.82, 2.24) is 0 Å². The van der Waals surface area contributed by atoms with Crippen LogP contribution in [0, 0.1) is 10.1 Å². The Morgan fingerprint density at radius 2 is 1.86 bits per heavy atom. The number of benzene rings is 2. The summed E-state index contributed by atoms with van der Waals surface area (Å²) < 4.78 is 10.00. The molecule has 0 aromatic heterocycles. The van der Waals surface area contributed by atoms with Gasteiger partial charge in [0.05, 0.1) is 36.8 Å². The van der Waals surface area contributed by atoms with E-state index in [1.165, 1.54) is 25.3 Å². The molecule has 0 bridgehead atoms. The Morgan fingerprint density at radius 3 is 2.46 bits per heavy atom. The Morgan fingerprint density at radius 1 is 1.14 bits per heavy atom. The summed E-state index contributed by atoms with van der Waals surface area (Å²) >= 11 is 0. The SMILES string of the molecule is CCCOC(=O)c1ccc(NCC(=O)Nc2ccc(OC)cc2[N+](=O)[O-])cc1. The number of carbonyl (C=O) groups is 2. The van der Waals surface area contributed by atoms with E-state index in [1.807, 2.05) is 6.92 Å². The van der Waals surface area contributed by atoms with Gasteiger partial charge in [0.1, 0.15) is 11.4 Å². The lowest BCUT2D eigenvalue weighted by Gasteiger charge is -2.10. The molecule has 2 N–H and O–H groups in total. The maximum Gasteiger partial charge on any atom is 0.338 e. The van der Waals surface area contributed by atoms with Crippen LogP contribution in [0.2, 0.25) is 0 Å². The van der Waals surface area contributed by atoms with E-state index in [9.17, 15) is 19.7 Å². The molecule has 0 radical (unpaired) electrons. The smallest absolute Gasteiger partial charge is 0.338 e. The third kappa shape index (κ3) is 5.70. The van der Waals surface area contributed by atoms with Gasteiger partial charge in [0, 0.05) is 5.69 Å². The molecule has 0 saturated carbocycles. The number of nitrogens with one attached hydrogen (secondary N) is 2. The number of nitrogens with zero attached hydrogens (tertiary/aromatic N) is 1. The van der Waals surface area contributed by atoms with E-state index in [-0.39, 0.29) is 17.9 Å². The highest BCUT2D eigenvalue weighted by Gasteiger charge is 2.17. The van der Waals surface area contributed by atoms with Gasteiger partial charge in [-0.25, -0.2) is 4.79 Å². The summed E-state index contributed by atoms with van der Waals surface area (Å²) in [5.41, 5.74) is 0.845. The van der Waals surface area contributed by atoms with Crippen LogP contribution in [0.1, 0.15) is 23.7 Å². The van der Waals surface area contributed by atoms with Gasteiger partial charge in [0.15, 0.2) is 0 Å². The monoisotopic (exact) mass is 387 g/mol. The molecule has 9 nitrogen and oxygen atoms in total. The Bertz CT molecular complexity index is 851. The number of methoxy groups -OCH3 is 1. The molecular weight excluding hydrogens is 366 g/mol. The van der Waals surface area contributed by atoms with Gasteiger partial charge in [-0.15, -0.1) is 0 Å². The second-order valence-corrected chi connectivity index (χ2v) is 5.76.